The topological polar surface area (TPSA) is 49.8 Å². The van der Waals surface area contributed by atoms with Crippen molar-refractivity contribution in [1.82, 2.24) is 4.90 Å². The molecule has 0 bridgehead atoms. The minimum absolute atomic E-state index is 0.0718. The molecule has 1 aliphatic rings. The SMILES string of the molecule is COc1ccccc1C=CC(=O)N1CC[C@@H](O)C1. The maximum Gasteiger partial charge on any atom is 0.246 e. The van der Waals surface area contributed by atoms with E-state index in [1.54, 1.807) is 18.1 Å². The van der Waals surface area contributed by atoms with Crippen LogP contribution in [0, 0.1) is 0 Å². The Kier molecular flexibility index (Phi) is 3.99. The van der Waals surface area contributed by atoms with Gasteiger partial charge in [0, 0.05) is 24.7 Å². The Balaban J connectivity index is 2.04. The maximum absolute atomic E-state index is 11.9. The molecule has 96 valence electrons. The summed E-state index contributed by atoms with van der Waals surface area (Å²) in [5.41, 5.74) is 0.869. The number of hydrogen-bond donors (Lipinski definition) is 1. The van der Waals surface area contributed by atoms with Crippen LogP contribution in [-0.4, -0.2) is 42.2 Å². The van der Waals surface area contributed by atoms with Crippen molar-refractivity contribution in [3.63, 3.8) is 0 Å². The fourth-order valence-electron chi connectivity index (χ4n) is 2.01. The number of rotatable bonds is 3. The zero-order valence-electron chi connectivity index (χ0n) is 10.4. The first-order valence-electron chi connectivity index (χ1n) is 5.99. The first-order valence-corrected chi connectivity index (χ1v) is 5.99. The van der Waals surface area contributed by atoms with Gasteiger partial charge >= 0.3 is 0 Å². The lowest BCUT2D eigenvalue weighted by atomic mass is 10.2. The van der Waals surface area contributed by atoms with Crippen molar-refractivity contribution < 1.29 is 14.6 Å². The molecule has 0 aromatic heterocycles. The zero-order valence-corrected chi connectivity index (χ0v) is 10.4. The molecule has 1 N–H and O–H groups in total. The number of carbonyl (C=O) groups is 1. The first-order chi connectivity index (χ1) is 8.70. The lowest BCUT2D eigenvalue weighted by Crippen LogP contribution is -2.27. The molecule has 0 radical (unpaired) electrons. The van der Waals surface area contributed by atoms with E-state index < -0.39 is 0 Å². The van der Waals surface area contributed by atoms with Crippen molar-refractivity contribution in [1.29, 1.82) is 0 Å². The van der Waals surface area contributed by atoms with Gasteiger partial charge in [0.15, 0.2) is 0 Å². The van der Waals surface area contributed by atoms with Crippen LogP contribution in [0.3, 0.4) is 0 Å². The molecule has 2 rings (SSSR count). The monoisotopic (exact) mass is 247 g/mol. The van der Waals surface area contributed by atoms with E-state index in [2.05, 4.69) is 0 Å². The summed E-state index contributed by atoms with van der Waals surface area (Å²) < 4.78 is 5.20. The Bertz CT molecular complexity index is 456. The van der Waals surface area contributed by atoms with E-state index in [1.165, 1.54) is 6.08 Å². The van der Waals surface area contributed by atoms with Gasteiger partial charge in [-0.15, -0.1) is 0 Å². The van der Waals surface area contributed by atoms with Crippen LogP contribution >= 0.6 is 0 Å². The number of carbonyl (C=O) groups excluding carboxylic acids is 1. The summed E-state index contributed by atoms with van der Waals surface area (Å²) in [5, 5.41) is 9.38. The van der Waals surface area contributed by atoms with Crippen molar-refractivity contribution in [2.45, 2.75) is 12.5 Å². The predicted octanol–water partition coefficient (Wildman–Crippen LogP) is 1.30. The van der Waals surface area contributed by atoms with Gasteiger partial charge in [-0.2, -0.15) is 0 Å². The van der Waals surface area contributed by atoms with Gasteiger partial charge in [-0.3, -0.25) is 4.79 Å². The number of ether oxygens (including phenoxy) is 1. The van der Waals surface area contributed by atoms with Crippen LogP contribution in [0.5, 0.6) is 5.75 Å². The number of nitrogens with zero attached hydrogens (tertiary/aromatic N) is 1. The predicted molar refractivity (Wildman–Crippen MR) is 69.2 cm³/mol. The van der Waals surface area contributed by atoms with E-state index in [9.17, 15) is 9.90 Å². The van der Waals surface area contributed by atoms with Crippen LogP contribution in [0.15, 0.2) is 30.3 Å². The Morgan fingerprint density at radius 2 is 2.28 bits per heavy atom. The van der Waals surface area contributed by atoms with Crippen LogP contribution in [0.2, 0.25) is 0 Å². The Morgan fingerprint density at radius 1 is 1.50 bits per heavy atom. The second-order valence-corrected chi connectivity index (χ2v) is 4.30. The molecule has 0 aliphatic carbocycles. The van der Waals surface area contributed by atoms with Gasteiger partial charge in [0.1, 0.15) is 5.75 Å². The molecule has 1 saturated heterocycles. The van der Waals surface area contributed by atoms with Crippen molar-refractivity contribution in [2.75, 3.05) is 20.2 Å². The molecule has 1 fully saturated rings. The normalized spacial score (nSPS) is 19.4. The number of benzene rings is 1. The van der Waals surface area contributed by atoms with Gasteiger partial charge in [0.05, 0.1) is 13.2 Å². The molecule has 1 aliphatic heterocycles. The quantitative estimate of drug-likeness (QED) is 0.819. The lowest BCUT2D eigenvalue weighted by Gasteiger charge is -2.12. The minimum atomic E-state index is -0.381. The highest BCUT2D eigenvalue weighted by Crippen LogP contribution is 2.19. The van der Waals surface area contributed by atoms with E-state index >= 15 is 0 Å². The van der Waals surface area contributed by atoms with Gasteiger partial charge in [-0.1, -0.05) is 18.2 Å². The molecule has 18 heavy (non-hydrogen) atoms. The van der Waals surface area contributed by atoms with Crippen LogP contribution < -0.4 is 4.74 Å². The molecule has 0 spiro atoms. The molecule has 4 heteroatoms. The van der Waals surface area contributed by atoms with Crippen molar-refractivity contribution >= 4 is 12.0 Å². The highest BCUT2D eigenvalue weighted by molar-refractivity contribution is 5.92. The van der Waals surface area contributed by atoms with Gasteiger partial charge in [-0.05, 0) is 18.6 Å². The van der Waals surface area contributed by atoms with Crippen molar-refractivity contribution in [3.05, 3.63) is 35.9 Å². The number of likely N-dealkylation sites (tertiary alicyclic amines) is 1. The molecule has 1 aromatic rings. The summed E-state index contributed by atoms with van der Waals surface area (Å²) in [6, 6.07) is 7.52. The number of para-hydroxylation sites is 1. The van der Waals surface area contributed by atoms with Crippen LogP contribution in [-0.2, 0) is 4.79 Å². The van der Waals surface area contributed by atoms with E-state index in [4.69, 9.17) is 4.74 Å². The Morgan fingerprint density at radius 3 is 2.94 bits per heavy atom. The van der Waals surface area contributed by atoms with Crippen LogP contribution in [0.25, 0.3) is 6.08 Å². The molecule has 1 amide bonds. The Hall–Kier alpha value is -1.81. The first kappa shape index (κ1) is 12.6. The number of amides is 1. The second kappa shape index (κ2) is 5.69. The van der Waals surface area contributed by atoms with Crippen molar-refractivity contribution in [2.24, 2.45) is 0 Å². The van der Waals surface area contributed by atoms with E-state index in [1.807, 2.05) is 24.3 Å². The highest BCUT2D eigenvalue weighted by Gasteiger charge is 2.22. The molecule has 1 heterocycles. The maximum atomic E-state index is 11.9. The van der Waals surface area contributed by atoms with Gasteiger partial charge in [0.2, 0.25) is 5.91 Å². The van der Waals surface area contributed by atoms with E-state index in [0.29, 0.717) is 19.5 Å². The molecule has 4 nitrogen and oxygen atoms in total. The average molecular weight is 247 g/mol. The van der Waals surface area contributed by atoms with Gasteiger partial charge in [-0.25, -0.2) is 0 Å². The van der Waals surface area contributed by atoms with Crippen LogP contribution in [0.4, 0.5) is 0 Å². The van der Waals surface area contributed by atoms with E-state index in [-0.39, 0.29) is 12.0 Å². The summed E-state index contributed by atoms with van der Waals surface area (Å²) >= 11 is 0. The van der Waals surface area contributed by atoms with Crippen LogP contribution in [0.1, 0.15) is 12.0 Å². The van der Waals surface area contributed by atoms with Gasteiger partial charge < -0.3 is 14.7 Å². The molecule has 1 aromatic carbocycles. The number of β-amino-alcohol motifs (C(OH)–C–C–N with tert-alkyl or cyclic N) is 1. The molecular formula is C14H17NO3. The standard InChI is InChI=1S/C14H17NO3/c1-18-13-5-3-2-4-11(13)6-7-14(17)15-9-8-12(16)10-15/h2-7,12,16H,8-10H2,1H3/t12-/m1/s1. The zero-order chi connectivity index (χ0) is 13.0. The summed E-state index contributed by atoms with van der Waals surface area (Å²) in [6.07, 6.45) is 3.55. The summed E-state index contributed by atoms with van der Waals surface area (Å²) in [6.45, 7) is 1.05. The lowest BCUT2D eigenvalue weighted by molar-refractivity contribution is -0.125. The van der Waals surface area contributed by atoms with Gasteiger partial charge in [0.25, 0.3) is 0 Å². The average Bonchev–Trinajstić information content (AvgIpc) is 2.83. The highest BCUT2D eigenvalue weighted by atomic mass is 16.5. The fourth-order valence-corrected chi connectivity index (χ4v) is 2.01. The molecule has 0 saturated carbocycles. The van der Waals surface area contributed by atoms with E-state index in [0.717, 1.165) is 11.3 Å². The summed E-state index contributed by atoms with van der Waals surface area (Å²) in [5.74, 6) is 0.667. The third-order valence-corrected chi connectivity index (χ3v) is 3.02. The Labute approximate surface area is 106 Å². The largest absolute Gasteiger partial charge is 0.496 e. The summed E-state index contributed by atoms with van der Waals surface area (Å²) in [4.78, 5) is 13.5. The molecule has 0 unspecified atom stereocenters. The van der Waals surface area contributed by atoms with Crippen molar-refractivity contribution in [3.8, 4) is 5.75 Å². The number of aliphatic hydroxyl groups excluding tert-OH is 1. The number of aliphatic hydroxyl groups is 1. The third-order valence-electron chi connectivity index (χ3n) is 3.02. The molecule has 1 atom stereocenters. The smallest absolute Gasteiger partial charge is 0.246 e. The third kappa shape index (κ3) is 2.90. The molecular weight excluding hydrogens is 230 g/mol. The second-order valence-electron chi connectivity index (χ2n) is 4.30. The minimum Gasteiger partial charge on any atom is -0.496 e. The summed E-state index contributed by atoms with van der Waals surface area (Å²) in [7, 11) is 1.60. The number of hydrogen-bond acceptors (Lipinski definition) is 3. The number of methoxy groups -OCH3 is 1. The fraction of sp³-hybridized carbons (Fsp3) is 0.357.